The smallest absolute Gasteiger partial charge is 0.272 e. The number of ether oxygens (including phenoxy) is 2. The third-order valence-electron chi connectivity index (χ3n) is 5.47. The number of hydrogen-bond donors (Lipinski definition) is 0. The molecule has 1 saturated carbocycles. The fraction of sp³-hybridized carbons (Fsp3) is 0.333. The molecule has 6 heteroatoms. The van der Waals surface area contributed by atoms with E-state index in [2.05, 4.69) is 0 Å². The van der Waals surface area contributed by atoms with Gasteiger partial charge >= 0.3 is 0 Å². The summed E-state index contributed by atoms with van der Waals surface area (Å²) in [5, 5.41) is 4.74. The highest BCUT2D eigenvalue weighted by Crippen LogP contribution is 2.39. The van der Waals surface area contributed by atoms with Crippen molar-refractivity contribution < 1.29 is 14.3 Å². The average molecular weight is 405 g/mol. The Labute approximate surface area is 177 Å². The van der Waals surface area contributed by atoms with Crippen molar-refractivity contribution in [3.8, 4) is 17.2 Å². The van der Waals surface area contributed by atoms with E-state index in [4.69, 9.17) is 14.6 Å². The van der Waals surface area contributed by atoms with Gasteiger partial charge in [0.15, 0.2) is 11.5 Å². The van der Waals surface area contributed by atoms with Crippen molar-refractivity contribution in [3.63, 3.8) is 0 Å². The summed E-state index contributed by atoms with van der Waals surface area (Å²) >= 11 is 0. The lowest BCUT2D eigenvalue weighted by molar-refractivity contribution is 0.0787. The van der Waals surface area contributed by atoms with Crippen LogP contribution in [0.2, 0.25) is 0 Å². The van der Waals surface area contributed by atoms with Crippen molar-refractivity contribution in [2.45, 2.75) is 25.2 Å². The zero-order chi connectivity index (χ0) is 21.1. The van der Waals surface area contributed by atoms with E-state index in [0.717, 1.165) is 36.2 Å². The van der Waals surface area contributed by atoms with Gasteiger partial charge in [0.2, 0.25) is 0 Å². The molecule has 0 atom stereocenters. The Bertz CT molecular complexity index is 1030. The Balaban J connectivity index is 1.51. The molecule has 0 N–H and O–H groups in total. The number of likely N-dealkylation sites (N-methyl/N-ethyl adjacent to an activating group) is 1. The summed E-state index contributed by atoms with van der Waals surface area (Å²) in [4.78, 5) is 15.0. The number of para-hydroxylation sites is 1. The molecule has 1 aliphatic carbocycles. The fourth-order valence-electron chi connectivity index (χ4n) is 3.53. The second-order valence-electron chi connectivity index (χ2n) is 7.64. The predicted octanol–water partition coefficient (Wildman–Crippen LogP) is 4.08. The van der Waals surface area contributed by atoms with Crippen LogP contribution in [0.15, 0.2) is 54.6 Å². The minimum absolute atomic E-state index is 0.0290. The van der Waals surface area contributed by atoms with Crippen LogP contribution < -0.4 is 9.47 Å². The van der Waals surface area contributed by atoms with Crippen LogP contribution in [0.25, 0.3) is 5.69 Å². The van der Waals surface area contributed by atoms with Crippen LogP contribution in [-0.2, 0) is 6.42 Å². The third-order valence-corrected chi connectivity index (χ3v) is 5.47. The largest absolute Gasteiger partial charge is 0.493 e. The molecule has 1 aliphatic rings. The van der Waals surface area contributed by atoms with E-state index in [1.165, 1.54) is 0 Å². The number of hydrogen-bond acceptors (Lipinski definition) is 4. The molecule has 0 spiro atoms. The first-order valence-corrected chi connectivity index (χ1v) is 10.2. The van der Waals surface area contributed by atoms with Crippen molar-refractivity contribution in [3.05, 3.63) is 71.5 Å². The zero-order valence-electron chi connectivity index (χ0n) is 17.7. The third kappa shape index (κ3) is 4.17. The summed E-state index contributed by atoms with van der Waals surface area (Å²) < 4.78 is 12.5. The van der Waals surface area contributed by atoms with Gasteiger partial charge in [0.1, 0.15) is 5.69 Å². The molecular weight excluding hydrogens is 378 g/mol. The number of carbonyl (C=O) groups is 1. The van der Waals surface area contributed by atoms with Crippen LogP contribution >= 0.6 is 0 Å². The van der Waals surface area contributed by atoms with Crippen molar-refractivity contribution in [1.82, 2.24) is 14.7 Å². The maximum absolute atomic E-state index is 13.3. The molecule has 0 bridgehead atoms. The SMILES string of the molecule is COc1ccc(CCN(C)C(=O)c2cc(C3CC3)nn2-c2ccccc2)cc1OC. The van der Waals surface area contributed by atoms with Gasteiger partial charge in [-0.1, -0.05) is 24.3 Å². The number of benzene rings is 2. The summed E-state index contributed by atoms with van der Waals surface area (Å²) in [6.45, 7) is 0.590. The lowest BCUT2D eigenvalue weighted by atomic mass is 10.1. The lowest BCUT2D eigenvalue weighted by Crippen LogP contribution is -2.30. The molecule has 2 aromatic carbocycles. The summed E-state index contributed by atoms with van der Waals surface area (Å²) in [6.07, 6.45) is 3.01. The van der Waals surface area contributed by atoms with Gasteiger partial charge in [0, 0.05) is 19.5 Å². The van der Waals surface area contributed by atoms with Crippen molar-refractivity contribution in [2.75, 3.05) is 27.8 Å². The van der Waals surface area contributed by atoms with Crippen molar-refractivity contribution >= 4 is 5.91 Å². The maximum Gasteiger partial charge on any atom is 0.272 e. The van der Waals surface area contributed by atoms with Crippen molar-refractivity contribution in [2.24, 2.45) is 0 Å². The first kappa shape index (κ1) is 20.0. The van der Waals surface area contributed by atoms with Gasteiger partial charge in [-0.15, -0.1) is 0 Å². The number of rotatable bonds is 8. The highest BCUT2D eigenvalue weighted by atomic mass is 16.5. The molecule has 3 aromatic rings. The molecule has 1 amide bonds. The summed E-state index contributed by atoms with van der Waals surface area (Å²) in [5.41, 5.74) is 3.61. The monoisotopic (exact) mass is 405 g/mol. The lowest BCUT2D eigenvalue weighted by Gasteiger charge is -2.18. The number of nitrogens with zero attached hydrogens (tertiary/aromatic N) is 3. The normalized spacial score (nSPS) is 13.2. The van der Waals surface area contributed by atoms with Gasteiger partial charge < -0.3 is 14.4 Å². The van der Waals surface area contributed by atoms with Crippen molar-refractivity contribution in [1.29, 1.82) is 0 Å². The molecule has 1 fully saturated rings. The number of carbonyl (C=O) groups excluding carboxylic acids is 1. The van der Waals surface area contributed by atoms with Crippen LogP contribution in [0, 0.1) is 0 Å². The van der Waals surface area contributed by atoms with Gasteiger partial charge in [-0.05, 0) is 55.2 Å². The molecule has 4 rings (SSSR count). The van der Waals surface area contributed by atoms with Gasteiger partial charge in [0.25, 0.3) is 5.91 Å². The second kappa shape index (κ2) is 8.61. The Hall–Kier alpha value is -3.28. The summed E-state index contributed by atoms with van der Waals surface area (Å²) in [5.74, 6) is 1.85. The molecule has 0 aliphatic heterocycles. The van der Waals surface area contributed by atoms with Gasteiger partial charge in [-0.2, -0.15) is 5.10 Å². The van der Waals surface area contributed by atoms with Crippen LogP contribution in [0.4, 0.5) is 0 Å². The zero-order valence-corrected chi connectivity index (χ0v) is 17.7. The van der Waals surface area contributed by atoms with E-state index in [0.29, 0.717) is 29.7 Å². The van der Waals surface area contributed by atoms with E-state index >= 15 is 0 Å². The topological polar surface area (TPSA) is 56.6 Å². The first-order chi connectivity index (χ1) is 14.6. The Kier molecular flexibility index (Phi) is 5.74. The highest BCUT2D eigenvalue weighted by molar-refractivity contribution is 5.93. The molecule has 0 radical (unpaired) electrons. The average Bonchev–Trinajstić information content (AvgIpc) is 3.55. The van der Waals surface area contributed by atoms with Gasteiger partial charge in [0.05, 0.1) is 25.6 Å². The molecule has 0 saturated heterocycles. The van der Waals surface area contributed by atoms with Crippen LogP contribution in [0.1, 0.15) is 40.5 Å². The van der Waals surface area contributed by atoms with E-state index in [1.807, 2.05) is 61.6 Å². The van der Waals surface area contributed by atoms with E-state index in [-0.39, 0.29) is 5.91 Å². The predicted molar refractivity (Wildman–Crippen MR) is 116 cm³/mol. The molecule has 156 valence electrons. The number of amides is 1. The number of aromatic nitrogens is 2. The fourth-order valence-corrected chi connectivity index (χ4v) is 3.53. The number of methoxy groups -OCH3 is 2. The van der Waals surface area contributed by atoms with Gasteiger partial charge in [-0.3, -0.25) is 4.79 Å². The molecule has 0 unspecified atom stereocenters. The first-order valence-electron chi connectivity index (χ1n) is 10.2. The minimum Gasteiger partial charge on any atom is -0.493 e. The standard InChI is InChI=1S/C24H27N3O3/c1-26(14-13-17-9-12-22(29-2)23(15-17)30-3)24(28)21-16-20(18-10-11-18)25-27(21)19-7-5-4-6-8-19/h4-9,12,15-16,18H,10-11,13-14H2,1-3H3. The Morgan fingerprint density at radius 3 is 2.47 bits per heavy atom. The van der Waals surface area contributed by atoms with E-state index < -0.39 is 0 Å². The molecular formula is C24H27N3O3. The van der Waals surface area contributed by atoms with E-state index in [9.17, 15) is 4.79 Å². The Morgan fingerprint density at radius 1 is 1.07 bits per heavy atom. The quantitative estimate of drug-likeness (QED) is 0.567. The maximum atomic E-state index is 13.3. The second-order valence-corrected chi connectivity index (χ2v) is 7.64. The summed E-state index contributed by atoms with van der Waals surface area (Å²) in [7, 11) is 5.08. The molecule has 1 heterocycles. The highest BCUT2D eigenvalue weighted by Gasteiger charge is 2.29. The Morgan fingerprint density at radius 2 is 1.80 bits per heavy atom. The van der Waals surface area contributed by atoms with Crippen LogP contribution in [-0.4, -0.2) is 48.4 Å². The van der Waals surface area contributed by atoms with E-state index in [1.54, 1.807) is 23.8 Å². The minimum atomic E-state index is -0.0290. The molecule has 1 aromatic heterocycles. The van der Waals surface area contributed by atoms with Gasteiger partial charge in [-0.25, -0.2) is 4.68 Å². The van der Waals surface area contributed by atoms with Crippen LogP contribution in [0.5, 0.6) is 11.5 Å². The molecule has 30 heavy (non-hydrogen) atoms. The summed E-state index contributed by atoms with van der Waals surface area (Å²) in [6, 6.07) is 17.6. The van der Waals surface area contributed by atoms with Crippen LogP contribution in [0.3, 0.4) is 0 Å². The molecule has 6 nitrogen and oxygen atoms in total.